The number of hydrogen-bond acceptors (Lipinski definition) is 5. The van der Waals surface area contributed by atoms with Crippen molar-refractivity contribution in [3.63, 3.8) is 0 Å². The van der Waals surface area contributed by atoms with Crippen LogP contribution in [0.2, 0.25) is 5.02 Å². The minimum Gasteiger partial charge on any atom is -0.367 e. The van der Waals surface area contributed by atoms with Gasteiger partial charge in [-0.25, -0.2) is 9.78 Å². The van der Waals surface area contributed by atoms with E-state index in [-0.39, 0.29) is 48.4 Å². The van der Waals surface area contributed by atoms with E-state index in [4.69, 9.17) is 11.6 Å². The number of anilines is 3. The smallest absolute Gasteiger partial charge is 0.367 e. The summed E-state index contributed by atoms with van der Waals surface area (Å²) in [5.74, 6) is -1.16. The van der Waals surface area contributed by atoms with E-state index in [2.05, 4.69) is 10.3 Å². The fraction of sp³-hybridized carbons (Fsp3) is 0.269. The largest absolute Gasteiger partial charge is 0.418 e. The van der Waals surface area contributed by atoms with Crippen LogP contribution in [0, 0.1) is 0 Å². The van der Waals surface area contributed by atoms with Gasteiger partial charge in [0.2, 0.25) is 0 Å². The van der Waals surface area contributed by atoms with Gasteiger partial charge in [0.15, 0.2) is 0 Å². The average molecular weight is 640 g/mol. The number of carbonyl (C=O) groups is 2. The van der Waals surface area contributed by atoms with Crippen molar-refractivity contribution >= 4 is 40.7 Å². The maximum atomic E-state index is 14.0. The minimum atomic E-state index is -4.88. The Morgan fingerprint density at radius 2 is 1.40 bits per heavy atom. The number of aromatic nitrogens is 1. The van der Waals surface area contributed by atoms with Crippen LogP contribution >= 0.6 is 11.6 Å². The Labute approximate surface area is 242 Å². The van der Waals surface area contributed by atoms with E-state index in [0.717, 1.165) is 30.3 Å². The van der Waals surface area contributed by atoms with Gasteiger partial charge in [-0.15, -0.1) is 0 Å². The van der Waals surface area contributed by atoms with Gasteiger partial charge < -0.3 is 15.1 Å². The van der Waals surface area contributed by atoms with Crippen molar-refractivity contribution in [1.82, 2.24) is 10.3 Å². The third kappa shape index (κ3) is 7.60. The molecule has 2 aromatic carbocycles. The summed E-state index contributed by atoms with van der Waals surface area (Å²) >= 11 is 5.99. The van der Waals surface area contributed by atoms with E-state index >= 15 is 0 Å². The molecule has 0 aliphatic carbocycles. The Hall–Kier alpha value is -4.21. The molecule has 1 aliphatic rings. The molecule has 7 nitrogen and oxygen atoms in total. The number of urea groups is 1. The van der Waals surface area contributed by atoms with Gasteiger partial charge in [-0.2, -0.15) is 39.5 Å². The third-order valence-electron chi connectivity index (χ3n) is 6.31. The second-order valence-corrected chi connectivity index (χ2v) is 9.62. The molecule has 0 atom stereocenters. The van der Waals surface area contributed by atoms with E-state index < -0.39 is 52.7 Å². The van der Waals surface area contributed by atoms with Crippen molar-refractivity contribution < 1.29 is 49.1 Å². The summed E-state index contributed by atoms with van der Waals surface area (Å²) in [6, 6.07) is 5.51. The number of nitrogens with zero attached hydrogens (tertiary/aromatic N) is 3. The van der Waals surface area contributed by atoms with Crippen LogP contribution in [0.15, 0.2) is 54.7 Å². The van der Waals surface area contributed by atoms with Gasteiger partial charge in [-0.1, -0.05) is 17.7 Å². The van der Waals surface area contributed by atoms with Crippen molar-refractivity contribution in [3.8, 4) is 0 Å². The molecule has 1 aliphatic heterocycles. The standard InChI is InChI=1S/C26H19ClF9N5O2/c27-19-11-16(25(31,32)33)13-37-21(19)41-8-6-40(7-9-41)20-5-4-17(12-18(20)26(34,35)36)38-23(43)39-22(42)14-2-1-3-15(10-14)24(28,29)30/h1-5,10-13H,6-9H2,(H2,38,39,42,43). The van der Waals surface area contributed by atoms with Gasteiger partial charge in [0, 0.05) is 49.3 Å². The van der Waals surface area contributed by atoms with Crippen LogP contribution in [-0.4, -0.2) is 43.1 Å². The molecular weight excluding hydrogens is 621 g/mol. The number of hydrogen-bond donors (Lipinski definition) is 2. The molecule has 3 amide bonds. The van der Waals surface area contributed by atoms with E-state index in [0.29, 0.717) is 24.4 Å². The van der Waals surface area contributed by atoms with E-state index in [1.807, 2.05) is 0 Å². The van der Waals surface area contributed by atoms with Crippen LogP contribution in [-0.2, 0) is 18.5 Å². The lowest BCUT2D eigenvalue weighted by Gasteiger charge is -2.38. The molecule has 43 heavy (non-hydrogen) atoms. The first-order valence-electron chi connectivity index (χ1n) is 12.2. The molecule has 17 heteroatoms. The second-order valence-electron chi connectivity index (χ2n) is 9.22. The molecule has 230 valence electrons. The number of alkyl halides is 9. The normalized spacial score (nSPS) is 14.5. The SMILES string of the molecule is O=C(NC(=O)c1cccc(C(F)(F)F)c1)Nc1ccc(N2CCN(c3ncc(C(F)(F)F)cc3Cl)CC2)c(C(F)(F)F)c1. The first-order valence-corrected chi connectivity index (χ1v) is 12.5. The Kier molecular flexibility index (Phi) is 8.72. The number of halogens is 10. The summed E-state index contributed by atoms with van der Waals surface area (Å²) in [6.07, 6.45) is -13.7. The van der Waals surface area contributed by atoms with Crippen molar-refractivity contribution in [2.75, 3.05) is 41.3 Å². The predicted molar refractivity (Wildman–Crippen MR) is 138 cm³/mol. The third-order valence-corrected chi connectivity index (χ3v) is 6.59. The molecule has 0 unspecified atom stereocenters. The molecule has 2 N–H and O–H groups in total. The first kappa shape index (κ1) is 31.7. The number of piperazine rings is 1. The summed E-state index contributed by atoms with van der Waals surface area (Å²) in [5, 5.41) is 3.56. The molecule has 4 rings (SSSR count). The summed E-state index contributed by atoms with van der Waals surface area (Å²) in [7, 11) is 0. The van der Waals surface area contributed by atoms with Crippen molar-refractivity contribution in [2.24, 2.45) is 0 Å². The van der Waals surface area contributed by atoms with Gasteiger partial charge in [0.1, 0.15) is 5.82 Å². The maximum Gasteiger partial charge on any atom is 0.418 e. The Morgan fingerprint density at radius 1 is 0.767 bits per heavy atom. The number of rotatable bonds is 4. The predicted octanol–water partition coefficient (Wildman–Crippen LogP) is 7.08. The van der Waals surface area contributed by atoms with Crippen LogP contribution < -0.4 is 20.4 Å². The van der Waals surface area contributed by atoms with Crippen molar-refractivity contribution in [1.29, 1.82) is 0 Å². The highest BCUT2D eigenvalue weighted by molar-refractivity contribution is 6.33. The number of nitrogens with one attached hydrogen (secondary N) is 2. The monoisotopic (exact) mass is 639 g/mol. The summed E-state index contributed by atoms with van der Waals surface area (Å²) < 4.78 is 119. The molecule has 1 aromatic heterocycles. The van der Waals surface area contributed by atoms with E-state index in [1.165, 1.54) is 9.80 Å². The molecule has 0 spiro atoms. The van der Waals surface area contributed by atoms with Gasteiger partial charge in [-0.05, 0) is 42.5 Å². The van der Waals surface area contributed by atoms with Crippen LogP contribution in [0.4, 0.5) is 61.5 Å². The van der Waals surface area contributed by atoms with Crippen LogP contribution in [0.25, 0.3) is 0 Å². The number of amides is 3. The summed E-state index contributed by atoms with van der Waals surface area (Å²) in [5.41, 5.74) is -4.41. The zero-order valence-corrected chi connectivity index (χ0v) is 22.2. The van der Waals surface area contributed by atoms with Crippen molar-refractivity contribution in [3.05, 3.63) is 82.0 Å². The topological polar surface area (TPSA) is 77.6 Å². The van der Waals surface area contributed by atoms with Gasteiger partial charge >= 0.3 is 24.6 Å². The molecule has 1 fully saturated rings. The van der Waals surface area contributed by atoms with Crippen LogP contribution in [0.3, 0.4) is 0 Å². The highest BCUT2D eigenvalue weighted by Crippen LogP contribution is 2.39. The number of imide groups is 1. The van der Waals surface area contributed by atoms with Crippen LogP contribution in [0.1, 0.15) is 27.0 Å². The fourth-order valence-corrected chi connectivity index (χ4v) is 4.55. The molecule has 2 heterocycles. The molecule has 0 radical (unpaired) electrons. The molecule has 0 saturated carbocycles. The second kappa shape index (κ2) is 11.8. The van der Waals surface area contributed by atoms with E-state index in [9.17, 15) is 49.1 Å². The highest BCUT2D eigenvalue weighted by atomic mass is 35.5. The Morgan fingerprint density at radius 3 is 1.98 bits per heavy atom. The molecule has 1 saturated heterocycles. The van der Waals surface area contributed by atoms with Gasteiger partial charge in [-0.3, -0.25) is 10.1 Å². The molecule has 3 aromatic rings. The zero-order chi connectivity index (χ0) is 31.7. The lowest BCUT2D eigenvalue weighted by Crippen LogP contribution is -2.47. The van der Waals surface area contributed by atoms with Crippen molar-refractivity contribution in [2.45, 2.75) is 18.5 Å². The molecule has 0 bridgehead atoms. The zero-order valence-electron chi connectivity index (χ0n) is 21.5. The fourth-order valence-electron chi connectivity index (χ4n) is 4.27. The Bertz CT molecular complexity index is 1520. The Balaban J connectivity index is 1.45. The van der Waals surface area contributed by atoms with E-state index in [1.54, 1.807) is 5.32 Å². The van der Waals surface area contributed by atoms with Crippen LogP contribution in [0.5, 0.6) is 0 Å². The first-order chi connectivity index (χ1) is 19.9. The quantitative estimate of drug-likeness (QED) is 0.299. The minimum absolute atomic E-state index is 0.0147. The lowest BCUT2D eigenvalue weighted by atomic mass is 10.1. The highest BCUT2D eigenvalue weighted by Gasteiger charge is 2.37. The average Bonchev–Trinajstić information content (AvgIpc) is 2.91. The van der Waals surface area contributed by atoms with Gasteiger partial charge in [0.05, 0.1) is 21.7 Å². The lowest BCUT2D eigenvalue weighted by molar-refractivity contribution is -0.138. The summed E-state index contributed by atoms with van der Waals surface area (Å²) in [4.78, 5) is 31.2. The maximum absolute atomic E-state index is 14.0. The summed E-state index contributed by atoms with van der Waals surface area (Å²) in [6.45, 7) is 0.187. The number of pyridine rings is 1. The number of benzene rings is 2. The van der Waals surface area contributed by atoms with Gasteiger partial charge in [0.25, 0.3) is 5.91 Å². The molecular formula is C26H19ClF9N5O2. The number of carbonyl (C=O) groups excluding carboxylic acids is 2.